The molecule has 0 aliphatic rings. The van der Waals surface area contributed by atoms with Gasteiger partial charge in [-0.05, 0) is 50.2 Å². The first kappa shape index (κ1) is 15.8. The number of carbonyl (C=O) groups excluding carboxylic acids is 1. The third-order valence-electron chi connectivity index (χ3n) is 3.66. The number of aryl methyl sites for hydroxylation is 2. The van der Waals surface area contributed by atoms with Gasteiger partial charge in [0.25, 0.3) is 5.91 Å². The molecule has 3 aromatic carbocycles. The lowest BCUT2D eigenvalue weighted by Crippen LogP contribution is -2.11. The fourth-order valence-corrected chi connectivity index (χ4v) is 2.29. The van der Waals surface area contributed by atoms with Crippen molar-refractivity contribution in [1.29, 1.82) is 0 Å². The summed E-state index contributed by atoms with van der Waals surface area (Å²) in [6, 6.07) is 22.7. The average Bonchev–Trinajstić information content (AvgIpc) is 2.58. The summed E-state index contributed by atoms with van der Waals surface area (Å²) in [4.78, 5) is 12.3. The van der Waals surface area contributed by atoms with Crippen LogP contribution in [0.3, 0.4) is 0 Å². The number of ether oxygens (including phenoxy) is 1. The van der Waals surface area contributed by atoms with Crippen molar-refractivity contribution in [2.45, 2.75) is 13.8 Å². The van der Waals surface area contributed by atoms with Gasteiger partial charge in [0.2, 0.25) is 0 Å². The molecule has 0 aliphatic carbocycles. The summed E-state index contributed by atoms with van der Waals surface area (Å²) in [5, 5.41) is 2.89. The molecule has 0 spiro atoms. The van der Waals surface area contributed by atoms with E-state index in [0.29, 0.717) is 17.0 Å². The first-order chi connectivity index (χ1) is 11.6. The van der Waals surface area contributed by atoms with E-state index >= 15 is 0 Å². The van der Waals surface area contributed by atoms with Gasteiger partial charge < -0.3 is 10.1 Å². The van der Waals surface area contributed by atoms with Crippen LogP contribution in [-0.2, 0) is 0 Å². The zero-order chi connectivity index (χ0) is 16.9. The molecule has 3 aromatic rings. The Morgan fingerprint density at radius 1 is 0.792 bits per heavy atom. The molecule has 0 aromatic heterocycles. The van der Waals surface area contributed by atoms with E-state index in [2.05, 4.69) is 5.32 Å². The molecule has 0 fully saturated rings. The van der Waals surface area contributed by atoms with Gasteiger partial charge in [0, 0.05) is 17.3 Å². The van der Waals surface area contributed by atoms with Crippen molar-refractivity contribution in [3.8, 4) is 11.5 Å². The molecular formula is C21H19NO2. The number of benzene rings is 3. The first-order valence-electron chi connectivity index (χ1n) is 7.83. The maximum absolute atomic E-state index is 12.3. The molecule has 3 rings (SSSR count). The van der Waals surface area contributed by atoms with E-state index in [1.807, 2.05) is 86.6 Å². The summed E-state index contributed by atoms with van der Waals surface area (Å²) in [5.41, 5.74) is 3.64. The van der Waals surface area contributed by atoms with E-state index in [4.69, 9.17) is 4.74 Å². The monoisotopic (exact) mass is 317 g/mol. The summed E-state index contributed by atoms with van der Waals surface area (Å²) in [7, 11) is 0. The molecular weight excluding hydrogens is 298 g/mol. The third-order valence-corrected chi connectivity index (χ3v) is 3.66. The number of carbonyl (C=O) groups is 1. The zero-order valence-electron chi connectivity index (χ0n) is 13.7. The van der Waals surface area contributed by atoms with Gasteiger partial charge in [-0.3, -0.25) is 4.79 Å². The Labute approximate surface area is 141 Å². The van der Waals surface area contributed by atoms with Crippen molar-refractivity contribution in [1.82, 2.24) is 0 Å². The topological polar surface area (TPSA) is 38.3 Å². The molecule has 0 unspecified atom stereocenters. The second-order valence-corrected chi connectivity index (χ2v) is 5.76. The Morgan fingerprint density at radius 3 is 2.08 bits per heavy atom. The highest BCUT2D eigenvalue weighted by Crippen LogP contribution is 2.24. The summed E-state index contributed by atoms with van der Waals surface area (Å²) in [6.07, 6.45) is 0. The van der Waals surface area contributed by atoms with Crippen LogP contribution in [0.25, 0.3) is 0 Å². The molecule has 3 nitrogen and oxygen atoms in total. The second kappa shape index (κ2) is 7.01. The molecule has 0 heterocycles. The molecule has 1 N–H and O–H groups in total. The van der Waals surface area contributed by atoms with Gasteiger partial charge in [0.1, 0.15) is 11.5 Å². The smallest absolute Gasteiger partial charge is 0.255 e. The van der Waals surface area contributed by atoms with Gasteiger partial charge in [-0.15, -0.1) is 0 Å². The standard InChI is InChI=1S/C21H19NO2/c1-15-6-10-17(11-7-15)21(23)22-18-4-3-5-20(14-18)24-19-12-8-16(2)9-13-19/h3-14H,1-2H3,(H,22,23). The Balaban J connectivity index is 1.71. The van der Waals surface area contributed by atoms with E-state index in [-0.39, 0.29) is 5.91 Å². The molecule has 24 heavy (non-hydrogen) atoms. The van der Waals surface area contributed by atoms with Gasteiger partial charge in [0.15, 0.2) is 0 Å². The van der Waals surface area contributed by atoms with Crippen LogP contribution in [0.4, 0.5) is 5.69 Å². The number of nitrogens with one attached hydrogen (secondary N) is 1. The van der Waals surface area contributed by atoms with Crippen LogP contribution in [0.5, 0.6) is 11.5 Å². The number of amides is 1. The largest absolute Gasteiger partial charge is 0.457 e. The predicted molar refractivity (Wildman–Crippen MR) is 96.8 cm³/mol. The SMILES string of the molecule is Cc1ccc(Oc2cccc(NC(=O)c3ccc(C)cc3)c2)cc1. The lowest BCUT2D eigenvalue weighted by atomic mass is 10.1. The Bertz CT molecular complexity index is 836. The quantitative estimate of drug-likeness (QED) is 0.704. The van der Waals surface area contributed by atoms with Crippen molar-refractivity contribution in [2.75, 3.05) is 5.32 Å². The Hall–Kier alpha value is -3.07. The minimum atomic E-state index is -0.137. The lowest BCUT2D eigenvalue weighted by Gasteiger charge is -2.09. The predicted octanol–water partition coefficient (Wildman–Crippen LogP) is 5.35. The van der Waals surface area contributed by atoms with Crippen LogP contribution in [-0.4, -0.2) is 5.91 Å². The summed E-state index contributed by atoms with van der Waals surface area (Å²) >= 11 is 0. The molecule has 0 bridgehead atoms. The second-order valence-electron chi connectivity index (χ2n) is 5.76. The van der Waals surface area contributed by atoms with E-state index in [0.717, 1.165) is 11.3 Å². The fraction of sp³-hybridized carbons (Fsp3) is 0.0952. The van der Waals surface area contributed by atoms with Crippen molar-refractivity contribution in [2.24, 2.45) is 0 Å². The highest BCUT2D eigenvalue weighted by molar-refractivity contribution is 6.04. The lowest BCUT2D eigenvalue weighted by molar-refractivity contribution is 0.102. The van der Waals surface area contributed by atoms with Crippen molar-refractivity contribution < 1.29 is 9.53 Å². The van der Waals surface area contributed by atoms with Crippen LogP contribution in [0.15, 0.2) is 72.8 Å². The molecule has 0 aliphatic heterocycles. The maximum atomic E-state index is 12.3. The highest BCUT2D eigenvalue weighted by Gasteiger charge is 2.06. The van der Waals surface area contributed by atoms with Crippen LogP contribution in [0.2, 0.25) is 0 Å². The van der Waals surface area contributed by atoms with Crippen molar-refractivity contribution in [3.63, 3.8) is 0 Å². The molecule has 1 amide bonds. The van der Waals surface area contributed by atoms with E-state index in [1.165, 1.54) is 5.56 Å². The van der Waals surface area contributed by atoms with E-state index in [9.17, 15) is 4.79 Å². The van der Waals surface area contributed by atoms with Gasteiger partial charge in [-0.1, -0.05) is 41.5 Å². The Morgan fingerprint density at radius 2 is 1.42 bits per heavy atom. The zero-order valence-corrected chi connectivity index (χ0v) is 13.7. The van der Waals surface area contributed by atoms with Gasteiger partial charge in [-0.2, -0.15) is 0 Å². The fourth-order valence-electron chi connectivity index (χ4n) is 2.29. The molecule has 0 saturated heterocycles. The molecule has 0 saturated carbocycles. The van der Waals surface area contributed by atoms with Crippen molar-refractivity contribution in [3.05, 3.63) is 89.5 Å². The van der Waals surface area contributed by atoms with Crippen LogP contribution < -0.4 is 10.1 Å². The minimum absolute atomic E-state index is 0.137. The number of hydrogen-bond acceptors (Lipinski definition) is 2. The third kappa shape index (κ3) is 4.02. The molecule has 3 heteroatoms. The average molecular weight is 317 g/mol. The van der Waals surface area contributed by atoms with E-state index in [1.54, 1.807) is 0 Å². The van der Waals surface area contributed by atoms with Gasteiger partial charge in [0.05, 0.1) is 0 Å². The van der Waals surface area contributed by atoms with Crippen LogP contribution >= 0.6 is 0 Å². The van der Waals surface area contributed by atoms with Crippen LogP contribution in [0, 0.1) is 13.8 Å². The van der Waals surface area contributed by atoms with E-state index < -0.39 is 0 Å². The number of rotatable bonds is 4. The van der Waals surface area contributed by atoms with Crippen LogP contribution in [0.1, 0.15) is 21.5 Å². The van der Waals surface area contributed by atoms with Gasteiger partial charge in [-0.25, -0.2) is 0 Å². The molecule has 0 radical (unpaired) electrons. The van der Waals surface area contributed by atoms with Crippen molar-refractivity contribution >= 4 is 11.6 Å². The minimum Gasteiger partial charge on any atom is -0.457 e. The number of anilines is 1. The maximum Gasteiger partial charge on any atom is 0.255 e. The molecule has 0 atom stereocenters. The summed E-state index contributed by atoms with van der Waals surface area (Å²) in [6.45, 7) is 4.03. The first-order valence-corrected chi connectivity index (χ1v) is 7.83. The summed E-state index contributed by atoms with van der Waals surface area (Å²) < 4.78 is 5.83. The Kier molecular flexibility index (Phi) is 4.62. The normalized spacial score (nSPS) is 10.2. The molecule has 120 valence electrons. The number of hydrogen-bond donors (Lipinski definition) is 1. The van der Waals surface area contributed by atoms with Gasteiger partial charge >= 0.3 is 0 Å². The highest BCUT2D eigenvalue weighted by atomic mass is 16.5. The summed E-state index contributed by atoms with van der Waals surface area (Å²) in [5.74, 6) is 1.31.